The fraction of sp³-hybridized carbons (Fsp3) is 0.625. The van der Waals surface area contributed by atoms with Crippen molar-refractivity contribution in [2.24, 2.45) is 0 Å². The minimum atomic E-state index is -0.101. The van der Waals surface area contributed by atoms with E-state index >= 15 is 0 Å². The first-order valence-electron chi connectivity index (χ1n) is 7.84. The number of aromatic nitrogens is 4. The molecule has 3 rings (SSSR count). The van der Waals surface area contributed by atoms with Crippen molar-refractivity contribution in [2.75, 3.05) is 13.1 Å². The summed E-state index contributed by atoms with van der Waals surface area (Å²) >= 11 is 0. The van der Waals surface area contributed by atoms with E-state index < -0.39 is 0 Å². The standard InChI is InChI=1S/C16H23N5O/c1-16(2,3)15-19-14(20-22-15)10-21-8-4-5-12(9-21)13-6-7-17-11-18-13/h6-7,11-12H,4-5,8-10H2,1-3H3/t12-/m0/s1. The summed E-state index contributed by atoms with van der Waals surface area (Å²) in [5.74, 6) is 1.94. The van der Waals surface area contributed by atoms with Crippen LogP contribution >= 0.6 is 0 Å². The van der Waals surface area contributed by atoms with E-state index in [1.807, 2.05) is 12.3 Å². The molecule has 6 nitrogen and oxygen atoms in total. The van der Waals surface area contributed by atoms with Crippen LogP contribution in [0, 0.1) is 0 Å². The molecule has 2 aromatic rings. The normalized spacial score (nSPS) is 20.2. The number of nitrogens with zero attached hydrogens (tertiary/aromatic N) is 5. The summed E-state index contributed by atoms with van der Waals surface area (Å²) in [6.07, 6.45) is 5.78. The van der Waals surface area contributed by atoms with Crippen LogP contribution in [0.15, 0.2) is 23.1 Å². The van der Waals surface area contributed by atoms with E-state index in [-0.39, 0.29) is 5.41 Å². The van der Waals surface area contributed by atoms with Crippen LogP contribution in [0.3, 0.4) is 0 Å². The Hall–Kier alpha value is -1.82. The van der Waals surface area contributed by atoms with E-state index in [1.54, 1.807) is 6.33 Å². The maximum absolute atomic E-state index is 5.37. The third-order valence-corrected chi connectivity index (χ3v) is 4.00. The molecule has 0 amide bonds. The van der Waals surface area contributed by atoms with Crippen molar-refractivity contribution in [1.29, 1.82) is 0 Å². The van der Waals surface area contributed by atoms with E-state index in [0.717, 1.165) is 31.2 Å². The summed E-state index contributed by atoms with van der Waals surface area (Å²) in [5, 5.41) is 4.12. The van der Waals surface area contributed by atoms with Crippen LogP contribution in [0.5, 0.6) is 0 Å². The fourth-order valence-corrected chi connectivity index (χ4v) is 2.81. The Morgan fingerprint density at radius 1 is 1.36 bits per heavy atom. The van der Waals surface area contributed by atoms with Gasteiger partial charge in [0.2, 0.25) is 5.89 Å². The molecule has 0 aromatic carbocycles. The zero-order valence-electron chi connectivity index (χ0n) is 13.5. The summed E-state index contributed by atoms with van der Waals surface area (Å²) in [6, 6.07) is 2.01. The van der Waals surface area contributed by atoms with E-state index in [2.05, 4.69) is 45.8 Å². The molecule has 1 atom stereocenters. The first kappa shape index (κ1) is 15.1. The summed E-state index contributed by atoms with van der Waals surface area (Å²) in [4.78, 5) is 15.3. The molecule has 3 heterocycles. The maximum Gasteiger partial charge on any atom is 0.232 e. The molecule has 0 N–H and O–H groups in total. The van der Waals surface area contributed by atoms with Gasteiger partial charge in [-0.2, -0.15) is 4.98 Å². The lowest BCUT2D eigenvalue weighted by molar-refractivity contribution is 0.191. The SMILES string of the molecule is CC(C)(C)c1nc(CN2CCC[C@H](c3ccncn3)C2)no1. The Morgan fingerprint density at radius 2 is 2.23 bits per heavy atom. The minimum Gasteiger partial charge on any atom is -0.339 e. The average Bonchev–Trinajstić information content (AvgIpc) is 2.97. The molecule has 6 heteroatoms. The number of rotatable bonds is 3. The first-order chi connectivity index (χ1) is 10.5. The quantitative estimate of drug-likeness (QED) is 0.868. The smallest absolute Gasteiger partial charge is 0.232 e. The van der Waals surface area contributed by atoms with Gasteiger partial charge in [-0.05, 0) is 25.5 Å². The second kappa shape index (κ2) is 6.12. The molecule has 1 saturated heterocycles. The van der Waals surface area contributed by atoms with E-state index in [9.17, 15) is 0 Å². The highest BCUT2D eigenvalue weighted by Gasteiger charge is 2.25. The molecule has 0 bridgehead atoms. The van der Waals surface area contributed by atoms with Gasteiger partial charge >= 0.3 is 0 Å². The van der Waals surface area contributed by atoms with Gasteiger partial charge in [-0.15, -0.1) is 0 Å². The van der Waals surface area contributed by atoms with Crippen LogP contribution in [0.4, 0.5) is 0 Å². The molecule has 0 saturated carbocycles. The molecule has 2 aromatic heterocycles. The van der Waals surface area contributed by atoms with Crippen molar-refractivity contribution in [2.45, 2.75) is 51.5 Å². The second-order valence-electron chi connectivity index (χ2n) is 6.97. The Bertz CT molecular complexity index is 604. The van der Waals surface area contributed by atoms with E-state index in [4.69, 9.17) is 4.52 Å². The van der Waals surface area contributed by atoms with Gasteiger partial charge in [0.05, 0.1) is 6.54 Å². The lowest BCUT2D eigenvalue weighted by Crippen LogP contribution is -2.34. The topological polar surface area (TPSA) is 67.9 Å². The van der Waals surface area contributed by atoms with Gasteiger partial charge in [-0.1, -0.05) is 25.9 Å². The highest BCUT2D eigenvalue weighted by atomic mass is 16.5. The number of hydrogen-bond donors (Lipinski definition) is 0. The van der Waals surface area contributed by atoms with Crippen LogP contribution in [0.1, 0.15) is 56.9 Å². The number of likely N-dealkylation sites (tertiary alicyclic amines) is 1. The van der Waals surface area contributed by atoms with Crippen LogP contribution in [-0.2, 0) is 12.0 Å². The van der Waals surface area contributed by atoms with Crippen LogP contribution < -0.4 is 0 Å². The molecule has 0 radical (unpaired) electrons. The summed E-state index contributed by atoms with van der Waals surface area (Å²) in [7, 11) is 0. The highest BCUT2D eigenvalue weighted by molar-refractivity contribution is 5.08. The van der Waals surface area contributed by atoms with Crippen molar-refractivity contribution in [3.8, 4) is 0 Å². The molecular formula is C16H23N5O. The third kappa shape index (κ3) is 3.50. The zero-order valence-corrected chi connectivity index (χ0v) is 13.5. The van der Waals surface area contributed by atoms with Crippen molar-refractivity contribution >= 4 is 0 Å². The van der Waals surface area contributed by atoms with Crippen LogP contribution in [0.25, 0.3) is 0 Å². The van der Waals surface area contributed by atoms with E-state index in [0.29, 0.717) is 11.8 Å². The number of piperidine rings is 1. The highest BCUT2D eigenvalue weighted by Crippen LogP contribution is 2.26. The lowest BCUT2D eigenvalue weighted by Gasteiger charge is -2.31. The van der Waals surface area contributed by atoms with E-state index in [1.165, 1.54) is 12.8 Å². The lowest BCUT2D eigenvalue weighted by atomic mass is 9.94. The Labute approximate surface area is 131 Å². The Kier molecular flexibility index (Phi) is 4.20. The van der Waals surface area contributed by atoms with Gasteiger partial charge in [-0.3, -0.25) is 4.90 Å². The molecule has 1 aliphatic heterocycles. The summed E-state index contributed by atoms with van der Waals surface area (Å²) < 4.78 is 5.37. The molecule has 118 valence electrons. The van der Waals surface area contributed by atoms with Gasteiger partial charge in [0, 0.05) is 29.8 Å². The second-order valence-corrected chi connectivity index (χ2v) is 6.97. The molecule has 0 unspecified atom stereocenters. The largest absolute Gasteiger partial charge is 0.339 e. The zero-order chi connectivity index (χ0) is 15.6. The predicted molar refractivity (Wildman–Crippen MR) is 82.3 cm³/mol. The monoisotopic (exact) mass is 301 g/mol. The molecule has 22 heavy (non-hydrogen) atoms. The third-order valence-electron chi connectivity index (χ3n) is 4.00. The van der Waals surface area contributed by atoms with Crippen LogP contribution in [0.2, 0.25) is 0 Å². The molecule has 0 spiro atoms. The van der Waals surface area contributed by atoms with Crippen molar-refractivity contribution in [1.82, 2.24) is 25.0 Å². The summed E-state index contributed by atoms with van der Waals surface area (Å²) in [6.45, 7) is 9.03. The molecule has 1 aliphatic rings. The molecule has 0 aliphatic carbocycles. The van der Waals surface area contributed by atoms with Gasteiger partial charge in [0.25, 0.3) is 0 Å². The molecule has 1 fully saturated rings. The minimum absolute atomic E-state index is 0.101. The van der Waals surface area contributed by atoms with Gasteiger partial charge in [-0.25, -0.2) is 9.97 Å². The maximum atomic E-state index is 5.37. The van der Waals surface area contributed by atoms with Crippen molar-refractivity contribution in [3.63, 3.8) is 0 Å². The molecular weight excluding hydrogens is 278 g/mol. The summed E-state index contributed by atoms with van der Waals surface area (Å²) in [5.41, 5.74) is 1.03. The van der Waals surface area contributed by atoms with Gasteiger partial charge in [0.1, 0.15) is 6.33 Å². The van der Waals surface area contributed by atoms with Crippen LogP contribution in [-0.4, -0.2) is 38.1 Å². The first-order valence-corrected chi connectivity index (χ1v) is 7.84. The predicted octanol–water partition coefficient (Wildman–Crippen LogP) is 2.54. The fourth-order valence-electron chi connectivity index (χ4n) is 2.81. The Morgan fingerprint density at radius 3 is 2.91 bits per heavy atom. The van der Waals surface area contributed by atoms with Crippen molar-refractivity contribution < 1.29 is 4.52 Å². The number of hydrogen-bond acceptors (Lipinski definition) is 6. The Balaban J connectivity index is 1.64. The van der Waals surface area contributed by atoms with Gasteiger partial charge < -0.3 is 4.52 Å². The average molecular weight is 301 g/mol. The van der Waals surface area contributed by atoms with Crippen molar-refractivity contribution in [3.05, 3.63) is 36.0 Å². The van der Waals surface area contributed by atoms with Gasteiger partial charge in [0.15, 0.2) is 5.82 Å².